The summed E-state index contributed by atoms with van der Waals surface area (Å²) >= 11 is 10.6. The van der Waals surface area contributed by atoms with Gasteiger partial charge in [-0.1, -0.05) is 18.3 Å². The fourth-order valence-electron chi connectivity index (χ4n) is 2.78. The van der Waals surface area contributed by atoms with Crippen LogP contribution in [-0.2, 0) is 0 Å². The normalized spacial score (nSPS) is 16.4. The number of ether oxygens (including phenoxy) is 2. The molecule has 28 heavy (non-hydrogen) atoms. The van der Waals surface area contributed by atoms with Crippen molar-refractivity contribution in [3.05, 3.63) is 69.4 Å². The molecule has 0 saturated carbocycles. The van der Waals surface area contributed by atoms with Crippen molar-refractivity contribution in [1.29, 1.82) is 0 Å². The average molecular weight is 413 g/mol. The number of rotatable bonds is 3. The largest absolute Gasteiger partial charge is 0.454 e. The summed E-state index contributed by atoms with van der Waals surface area (Å²) in [5.74, 6) is 0.796. The van der Waals surface area contributed by atoms with Crippen LogP contribution in [0.5, 0.6) is 11.5 Å². The Labute approximate surface area is 169 Å². The van der Waals surface area contributed by atoms with Crippen molar-refractivity contribution >= 4 is 52.2 Å². The minimum Gasteiger partial charge on any atom is -0.454 e. The zero-order valence-electron chi connectivity index (χ0n) is 14.1. The summed E-state index contributed by atoms with van der Waals surface area (Å²) < 4.78 is 10.7. The molecule has 2 aromatic rings. The highest BCUT2D eigenvalue weighted by Crippen LogP contribution is 2.33. The van der Waals surface area contributed by atoms with Gasteiger partial charge in [0, 0.05) is 17.7 Å². The molecule has 0 aliphatic carbocycles. The summed E-state index contributed by atoms with van der Waals surface area (Å²) in [6.45, 7) is 0.157. The van der Waals surface area contributed by atoms with Crippen LogP contribution in [0.25, 0.3) is 6.08 Å². The first-order chi connectivity index (χ1) is 13.4. The molecule has 0 unspecified atom stereocenters. The maximum atomic E-state index is 13.0. The highest BCUT2D eigenvalue weighted by Gasteiger charge is 2.33. The number of nitrogens with one attached hydrogen (secondary N) is 1. The zero-order valence-corrected chi connectivity index (χ0v) is 15.7. The van der Waals surface area contributed by atoms with E-state index < -0.39 is 10.8 Å². The topological polar surface area (TPSA) is 93.9 Å². The van der Waals surface area contributed by atoms with Gasteiger partial charge < -0.3 is 14.8 Å². The molecule has 8 nitrogen and oxygen atoms in total. The number of hydrogen-bond donors (Lipinski definition) is 1. The first-order valence-corrected chi connectivity index (χ1v) is 8.81. The second kappa shape index (κ2) is 6.98. The Balaban J connectivity index is 1.68. The Morgan fingerprint density at radius 1 is 1.14 bits per heavy atom. The predicted molar refractivity (Wildman–Crippen MR) is 108 cm³/mol. The van der Waals surface area contributed by atoms with Crippen LogP contribution in [0, 0.1) is 10.1 Å². The summed E-state index contributed by atoms with van der Waals surface area (Å²) in [6.07, 6.45) is 1.71. The highest BCUT2D eigenvalue weighted by atomic mass is 32.1. The van der Waals surface area contributed by atoms with E-state index >= 15 is 0 Å². The number of nitrogens with zero attached hydrogens (tertiary/aromatic N) is 2. The summed E-state index contributed by atoms with van der Waals surface area (Å²) in [5, 5.41) is 13.7. The van der Waals surface area contributed by atoms with Crippen LogP contribution in [0.3, 0.4) is 0 Å². The third kappa shape index (κ3) is 3.19. The van der Waals surface area contributed by atoms with Crippen LogP contribution in [0.4, 0.5) is 5.69 Å². The lowest BCUT2D eigenvalue weighted by atomic mass is 10.1. The molecule has 2 aliphatic heterocycles. The Hall–Kier alpha value is -3.37. The van der Waals surface area contributed by atoms with Crippen molar-refractivity contribution in [2.45, 2.75) is 0 Å². The lowest BCUT2D eigenvalue weighted by Crippen LogP contribution is -2.33. The van der Waals surface area contributed by atoms with Crippen molar-refractivity contribution < 1.29 is 19.2 Å². The molecule has 0 spiro atoms. The summed E-state index contributed by atoms with van der Waals surface area (Å²) in [6, 6.07) is 10.6. The monoisotopic (exact) mass is 413 g/mol. The molecule has 4 rings (SSSR count). The number of nitro groups is 1. The SMILES string of the molecule is O=C(c1ccc([N+](=O)[O-])cc1)N1C(=S)NC(=S)/C1=C\c1ccc2c(c1)OCO2. The van der Waals surface area contributed by atoms with Gasteiger partial charge in [0.15, 0.2) is 16.6 Å². The number of amides is 1. The lowest BCUT2D eigenvalue weighted by molar-refractivity contribution is -0.384. The maximum absolute atomic E-state index is 13.0. The minimum absolute atomic E-state index is 0.106. The predicted octanol–water partition coefficient (Wildman–Crippen LogP) is 3.02. The summed E-state index contributed by atoms with van der Waals surface area (Å²) in [5.41, 5.74) is 1.29. The van der Waals surface area contributed by atoms with Gasteiger partial charge in [-0.3, -0.25) is 14.9 Å². The second-order valence-electron chi connectivity index (χ2n) is 5.85. The molecule has 140 valence electrons. The van der Waals surface area contributed by atoms with Crippen LogP contribution in [0.15, 0.2) is 48.2 Å². The van der Waals surface area contributed by atoms with Crippen molar-refractivity contribution in [3.63, 3.8) is 0 Å². The minimum atomic E-state index is -0.531. The number of hydrogen-bond acceptors (Lipinski definition) is 7. The van der Waals surface area contributed by atoms with Gasteiger partial charge in [0.1, 0.15) is 4.99 Å². The Kier molecular flexibility index (Phi) is 4.49. The standard InChI is InChI=1S/C18H11N3O5S2/c22-17(11-2-4-12(5-3-11)21(23)24)20-13(16(27)19-18(20)28)7-10-1-6-14-15(8-10)26-9-25-14/h1-8H,9H2,(H,19,27,28)/b13-7+. The van der Waals surface area contributed by atoms with E-state index in [1.165, 1.54) is 29.2 Å². The summed E-state index contributed by atoms with van der Waals surface area (Å²) in [7, 11) is 0. The molecule has 1 N–H and O–H groups in total. The molecule has 2 heterocycles. The molecule has 10 heteroatoms. The van der Waals surface area contributed by atoms with Gasteiger partial charge in [-0.25, -0.2) is 4.90 Å². The van der Waals surface area contributed by atoms with Gasteiger partial charge in [0.05, 0.1) is 10.6 Å². The van der Waals surface area contributed by atoms with E-state index in [0.717, 1.165) is 5.56 Å². The molecule has 1 fully saturated rings. The molecule has 2 aliphatic rings. The number of benzene rings is 2. The fourth-order valence-corrected chi connectivity index (χ4v) is 3.37. The van der Waals surface area contributed by atoms with Gasteiger partial charge in [-0.2, -0.15) is 0 Å². The average Bonchev–Trinajstić information content (AvgIpc) is 3.25. The van der Waals surface area contributed by atoms with Gasteiger partial charge in [-0.15, -0.1) is 0 Å². The first-order valence-electron chi connectivity index (χ1n) is 7.99. The first kappa shape index (κ1) is 18.0. The zero-order chi connectivity index (χ0) is 19.8. The van der Waals surface area contributed by atoms with Crippen molar-refractivity contribution in [3.8, 4) is 11.5 Å². The van der Waals surface area contributed by atoms with E-state index in [4.69, 9.17) is 33.9 Å². The van der Waals surface area contributed by atoms with E-state index in [-0.39, 0.29) is 23.2 Å². The molecule has 1 saturated heterocycles. The van der Waals surface area contributed by atoms with Crippen molar-refractivity contribution in [2.75, 3.05) is 6.79 Å². The van der Waals surface area contributed by atoms with Crippen LogP contribution >= 0.6 is 24.4 Å². The molecular weight excluding hydrogens is 402 g/mol. The number of nitro benzene ring substituents is 1. The number of carbonyl (C=O) groups excluding carboxylic acids is 1. The third-order valence-electron chi connectivity index (χ3n) is 4.13. The van der Waals surface area contributed by atoms with Gasteiger partial charge in [0.2, 0.25) is 6.79 Å². The van der Waals surface area contributed by atoms with E-state index in [2.05, 4.69) is 5.32 Å². The molecule has 2 aromatic carbocycles. The van der Waals surface area contributed by atoms with Crippen molar-refractivity contribution in [1.82, 2.24) is 10.2 Å². The Morgan fingerprint density at radius 3 is 2.57 bits per heavy atom. The van der Waals surface area contributed by atoms with Gasteiger partial charge in [0.25, 0.3) is 11.6 Å². The number of fused-ring (bicyclic) bond motifs is 1. The lowest BCUT2D eigenvalue weighted by Gasteiger charge is -2.16. The second-order valence-corrected chi connectivity index (χ2v) is 6.64. The smallest absolute Gasteiger partial charge is 0.269 e. The molecule has 0 radical (unpaired) electrons. The van der Waals surface area contributed by atoms with Crippen LogP contribution in [0.1, 0.15) is 15.9 Å². The van der Waals surface area contributed by atoms with Gasteiger partial charge in [-0.05, 0) is 48.1 Å². The highest BCUT2D eigenvalue weighted by molar-refractivity contribution is 7.82. The van der Waals surface area contributed by atoms with E-state index in [0.29, 0.717) is 22.2 Å². The van der Waals surface area contributed by atoms with Gasteiger partial charge >= 0.3 is 0 Å². The molecule has 0 aromatic heterocycles. The van der Waals surface area contributed by atoms with Crippen molar-refractivity contribution in [2.24, 2.45) is 0 Å². The van der Waals surface area contributed by atoms with E-state index in [1.807, 2.05) is 0 Å². The van der Waals surface area contributed by atoms with Crippen LogP contribution in [0.2, 0.25) is 0 Å². The quantitative estimate of drug-likeness (QED) is 0.355. The van der Waals surface area contributed by atoms with Crippen LogP contribution in [-0.4, -0.2) is 32.6 Å². The Morgan fingerprint density at radius 2 is 1.86 bits per heavy atom. The molecule has 1 amide bonds. The number of carbonyl (C=O) groups is 1. The van der Waals surface area contributed by atoms with E-state index in [1.54, 1.807) is 24.3 Å². The Bertz CT molecular complexity index is 1070. The fraction of sp³-hybridized carbons (Fsp3) is 0.0556. The molecule has 0 atom stereocenters. The summed E-state index contributed by atoms with van der Waals surface area (Å²) in [4.78, 5) is 24.8. The molecule has 0 bridgehead atoms. The van der Waals surface area contributed by atoms with Crippen LogP contribution < -0.4 is 14.8 Å². The molecular formula is C18H11N3O5S2. The number of non-ortho nitro benzene ring substituents is 1. The van der Waals surface area contributed by atoms with E-state index in [9.17, 15) is 14.9 Å². The number of thiocarbonyl (C=S) groups is 2. The third-order valence-corrected chi connectivity index (χ3v) is 4.72. The maximum Gasteiger partial charge on any atom is 0.269 e.